The Bertz CT molecular complexity index is 598. The van der Waals surface area contributed by atoms with Crippen molar-refractivity contribution in [3.63, 3.8) is 0 Å². The van der Waals surface area contributed by atoms with Crippen molar-refractivity contribution in [3.8, 4) is 0 Å². The first-order valence-corrected chi connectivity index (χ1v) is 7.07. The lowest BCUT2D eigenvalue weighted by molar-refractivity contribution is -0.120. The molecule has 2 rings (SSSR count). The van der Waals surface area contributed by atoms with Crippen molar-refractivity contribution >= 4 is 46.0 Å². The van der Waals surface area contributed by atoms with E-state index < -0.39 is 0 Å². The molecule has 2 aromatic rings. The van der Waals surface area contributed by atoms with Crippen LogP contribution in [0, 0.1) is 11.8 Å². The van der Waals surface area contributed by atoms with Gasteiger partial charge in [-0.3, -0.25) is 4.79 Å². The van der Waals surface area contributed by atoms with E-state index in [-0.39, 0.29) is 17.7 Å². The third kappa shape index (κ3) is 2.86. The molecule has 0 aliphatic carbocycles. The highest BCUT2D eigenvalue weighted by atomic mass is 35.5. The summed E-state index contributed by atoms with van der Waals surface area (Å²) in [7, 11) is 0. The van der Waals surface area contributed by atoms with Crippen LogP contribution in [0.3, 0.4) is 0 Å². The van der Waals surface area contributed by atoms with Crippen LogP contribution in [0.15, 0.2) is 12.1 Å². The van der Waals surface area contributed by atoms with Crippen molar-refractivity contribution < 1.29 is 4.79 Å². The molecule has 0 aliphatic heterocycles. The van der Waals surface area contributed by atoms with Crippen LogP contribution in [-0.2, 0) is 4.79 Å². The number of nitrogens with one attached hydrogen (secondary N) is 1. The lowest BCUT2D eigenvalue weighted by Crippen LogP contribution is -2.33. The summed E-state index contributed by atoms with van der Waals surface area (Å²) in [4.78, 5) is 12.2. The quantitative estimate of drug-likeness (QED) is 0.909. The Kier molecular flexibility index (Phi) is 4.34. The number of carbonyl (C=O) groups excluding carboxylic acids is 1. The minimum atomic E-state index is -0.252. The highest BCUT2D eigenvalue weighted by molar-refractivity contribution is 7.00. The first kappa shape index (κ1) is 14.2. The van der Waals surface area contributed by atoms with Gasteiger partial charge in [0.2, 0.25) is 5.91 Å². The van der Waals surface area contributed by atoms with Gasteiger partial charge in [0, 0.05) is 6.54 Å². The molecule has 0 saturated carbocycles. The van der Waals surface area contributed by atoms with Crippen molar-refractivity contribution in [2.24, 2.45) is 17.6 Å². The number of hydrogen-bond acceptors (Lipinski definition) is 5. The van der Waals surface area contributed by atoms with E-state index in [2.05, 4.69) is 14.1 Å². The zero-order valence-corrected chi connectivity index (χ0v) is 12.3. The number of hydrogen-bond donors (Lipinski definition) is 2. The second-order valence-electron chi connectivity index (χ2n) is 4.63. The lowest BCUT2D eigenvalue weighted by atomic mass is 9.95. The maximum Gasteiger partial charge on any atom is 0.229 e. The summed E-state index contributed by atoms with van der Waals surface area (Å²) in [6, 6.07) is 3.48. The number of rotatable bonds is 4. The molecule has 1 atom stereocenters. The topological polar surface area (TPSA) is 80.9 Å². The zero-order valence-electron chi connectivity index (χ0n) is 10.7. The van der Waals surface area contributed by atoms with E-state index in [9.17, 15) is 4.79 Å². The van der Waals surface area contributed by atoms with Crippen LogP contribution < -0.4 is 11.1 Å². The average molecular weight is 299 g/mol. The molecule has 3 N–H and O–H groups in total. The van der Waals surface area contributed by atoms with E-state index in [4.69, 9.17) is 17.3 Å². The van der Waals surface area contributed by atoms with Crippen LogP contribution in [-0.4, -0.2) is 21.2 Å². The normalized spacial score (nSPS) is 12.9. The molecule has 102 valence electrons. The van der Waals surface area contributed by atoms with Gasteiger partial charge in [-0.25, -0.2) is 0 Å². The molecule has 0 spiro atoms. The van der Waals surface area contributed by atoms with Crippen LogP contribution in [0.4, 0.5) is 5.69 Å². The number of anilines is 1. The fourth-order valence-electron chi connectivity index (χ4n) is 1.84. The SMILES string of the molecule is CC(C)C(CN)C(=O)Nc1c(Cl)ccc2nsnc12. The number of nitrogens with zero attached hydrogens (tertiary/aromatic N) is 2. The molecule has 1 aromatic heterocycles. The molecule has 0 bridgehead atoms. The fourth-order valence-corrected chi connectivity index (χ4v) is 2.59. The molecule has 1 aromatic carbocycles. The number of benzene rings is 1. The Morgan fingerprint density at radius 3 is 2.84 bits per heavy atom. The summed E-state index contributed by atoms with van der Waals surface area (Å²) in [6.07, 6.45) is 0. The van der Waals surface area contributed by atoms with Crippen LogP contribution in [0.1, 0.15) is 13.8 Å². The van der Waals surface area contributed by atoms with Gasteiger partial charge in [-0.15, -0.1) is 0 Å². The lowest BCUT2D eigenvalue weighted by Gasteiger charge is -2.18. The third-order valence-corrected chi connectivity index (χ3v) is 3.88. The first-order chi connectivity index (χ1) is 9.04. The van der Waals surface area contributed by atoms with Gasteiger partial charge in [0.1, 0.15) is 11.0 Å². The van der Waals surface area contributed by atoms with Gasteiger partial charge < -0.3 is 11.1 Å². The van der Waals surface area contributed by atoms with E-state index in [0.717, 1.165) is 17.2 Å². The molecule has 0 fully saturated rings. The second kappa shape index (κ2) is 5.81. The Labute approximate surface area is 120 Å². The highest BCUT2D eigenvalue weighted by Crippen LogP contribution is 2.30. The van der Waals surface area contributed by atoms with Crippen molar-refractivity contribution in [2.75, 3.05) is 11.9 Å². The third-order valence-electron chi connectivity index (χ3n) is 3.02. The van der Waals surface area contributed by atoms with E-state index >= 15 is 0 Å². The predicted molar refractivity (Wildman–Crippen MR) is 78.4 cm³/mol. The molecular formula is C12H15ClN4OS. The van der Waals surface area contributed by atoms with Gasteiger partial charge in [0.25, 0.3) is 0 Å². The van der Waals surface area contributed by atoms with Gasteiger partial charge in [-0.2, -0.15) is 8.75 Å². The summed E-state index contributed by atoms with van der Waals surface area (Å²) in [6.45, 7) is 4.22. The van der Waals surface area contributed by atoms with Crippen LogP contribution in [0.25, 0.3) is 11.0 Å². The average Bonchev–Trinajstić information content (AvgIpc) is 2.81. The molecule has 0 aliphatic rings. The number of carbonyl (C=O) groups is 1. The number of halogens is 1. The largest absolute Gasteiger partial charge is 0.330 e. The predicted octanol–water partition coefficient (Wildman–Crippen LogP) is 2.51. The smallest absolute Gasteiger partial charge is 0.229 e. The summed E-state index contributed by atoms with van der Waals surface area (Å²) in [5.41, 5.74) is 7.49. The maximum absolute atomic E-state index is 12.2. The van der Waals surface area contributed by atoms with Crippen LogP contribution in [0.5, 0.6) is 0 Å². The molecule has 7 heteroatoms. The van der Waals surface area contributed by atoms with E-state index in [0.29, 0.717) is 22.8 Å². The van der Waals surface area contributed by atoms with E-state index in [1.807, 2.05) is 13.8 Å². The summed E-state index contributed by atoms with van der Waals surface area (Å²) >= 11 is 7.21. The van der Waals surface area contributed by atoms with E-state index in [1.165, 1.54) is 0 Å². The van der Waals surface area contributed by atoms with Gasteiger partial charge >= 0.3 is 0 Å². The number of fused-ring (bicyclic) bond motifs is 1. The molecular weight excluding hydrogens is 284 g/mol. The molecule has 5 nitrogen and oxygen atoms in total. The van der Waals surface area contributed by atoms with Crippen molar-refractivity contribution in [1.82, 2.24) is 8.75 Å². The first-order valence-electron chi connectivity index (χ1n) is 5.96. The van der Waals surface area contributed by atoms with Gasteiger partial charge in [-0.1, -0.05) is 25.4 Å². The molecule has 1 heterocycles. The maximum atomic E-state index is 12.2. The van der Waals surface area contributed by atoms with Crippen LogP contribution in [0.2, 0.25) is 5.02 Å². The Morgan fingerprint density at radius 2 is 2.21 bits per heavy atom. The van der Waals surface area contributed by atoms with Crippen LogP contribution >= 0.6 is 23.3 Å². The Balaban J connectivity index is 2.33. The fraction of sp³-hybridized carbons (Fsp3) is 0.417. The molecule has 19 heavy (non-hydrogen) atoms. The molecule has 1 unspecified atom stereocenters. The van der Waals surface area contributed by atoms with Crippen molar-refractivity contribution in [1.29, 1.82) is 0 Å². The molecule has 1 amide bonds. The minimum Gasteiger partial charge on any atom is -0.330 e. The Morgan fingerprint density at radius 1 is 1.47 bits per heavy atom. The zero-order chi connectivity index (χ0) is 14.0. The number of amides is 1. The molecule has 0 radical (unpaired) electrons. The standard InChI is InChI=1S/C12H15ClN4OS/c1-6(2)7(5-14)12(18)15-10-8(13)3-4-9-11(10)17-19-16-9/h3-4,6-7H,5,14H2,1-2H3,(H,15,18). The number of nitrogens with two attached hydrogens (primary N) is 1. The van der Waals surface area contributed by atoms with E-state index in [1.54, 1.807) is 12.1 Å². The van der Waals surface area contributed by atoms with Gasteiger partial charge in [0.05, 0.1) is 28.4 Å². The highest BCUT2D eigenvalue weighted by Gasteiger charge is 2.22. The van der Waals surface area contributed by atoms with Crippen molar-refractivity contribution in [2.45, 2.75) is 13.8 Å². The summed E-state index contributed by atoms with van der Waals surface area (Å²) in [5, 5.41) is 3.28. The van der Waals surface area contributed by atoms with Gasteiger partial charge in [-0.05, 0) is 18.1 Å². The summed E-state index contributed by atoms with van der Waals surface area (Å²) in [5.74, 6) is -0.227. The monoisotopic (exact) mass is 298 g/mol. The Hall–Kier alpha value is -1.24. The molecule has 0 saturated heterocycles. The summed E-state index contributed by atoms with van der Waals surface area (Å²) < 4.78 is 8.29. The minimum absolute atomic E-state index is 0.139. The number of aromatic nitrogens is 2. The van der Waals surface area contributed by atoms with Crippen molar-refractivity contribution in [3.05, 3.63) is 17.2 Å². The second-order valence-corrected chi connectivity index (χ2v) is 5.57. The van der Waals surface area contributed by atoms with Gasteiger partial charge in [0.15, 0.2) is 0 Å².